The van der Waals surface area contributed by atoms with Crippen molar-refractivity contribution < 1.29 is 18.0 Å². The van der Waals surface area contributed by atoms with Crippen molar-refractivity contribution in [3.63, 3.8) is 0 Å². The molecule has 0 aliphatic carbocycles. The van der Waals surface area contributed by atoms with Crippen LogP contribution in [-0.2, 0) is 19.6 Å². The zero-order valence-electron chi connectivity index (χ0n) is 15.1. The predicted octanol–water partition coefficient (Wildman–Crippen LogP) is 0.743. The lowest BCUT2D eigenvalue weighted by Gasteiger charge is -2.38. The molecule has 8 heteroatoms. The van der Waals surface area contributed by atoms with Gasteiger partial charge in [-0.1, -0.05) is 17.7 Å². The maximum atomic E-state index is 12.9. The third-order valence-electron chi connectivity index (χ3n) is 5.17. The molecule has 1 aromatic carbocycles. The van der Waals surface area contributed by atoms with E-state index in [2.05, 4.69) is 5.32 Å². The van der Waals surface area contributed by atoms with E-state index in [1.165, 1.54) is 4.31 Å². The summed E-state index contributed by atoms with van der Waals surface area (Å²) < 4.78 is 27.2. The molecule has 2 heterocycles. The van der Waals surface area contributed by atoms with Gasteiger partial charge >= 0.3 is 0 Å². The van der Waals surface area contributed by atoms with Crippen molar-refractivity contribution in [1.82, 2.24) is 14.5 Å². The van der Waals surface area contributed by atoms with E-state index in [1.54, 1.807) is 36.1 Å². The number of nitrogens with one attached hydrogen (secondary N) is 1. The Bertz CT molecular complexity index is 791. The molecule has 142 valence electrons. The Morgan fingerprint density at radius 1 is 1.19 bits per heavy atom. The zero-order chi connectivity index (χ0) is 18.9. The molecule has 0 saturated carbocycles. The van der Waals surface area contributed by atoms with E-state index in [-0.39, 0.29) is 23.3 Å². The molecular weight excluding hydrogens is 354 g/mol. The van der Waals surface area contributed by atoms with Crippen LogP contribution >= 0.6 is 0 Å². The molecule has 2 amide bonds. The number of hydrogen-bond acceptors (Lipinski definition) is 4. The third kappa shape index (κ3) is 3.61. The number of hydrogen-bond donors (Lipinski definition) is 1. The van der Waals surface area contributed by atoms with Crippen molar-refractivity contribution in [1.29, 1.82) is 0 Å². The van der Waals surface area contributed by atoms with Gasteiger partial charge in [-0.15, -0.1) is 0 Å². The second-order valence-electron chi connectivity index (χ2n) is 7.01. The molecule has 0 spiro atoms. The summed E-state index contributed by atoms with van der Waals surface area (Å²) in [6.07, 6.45) is 1.28. The maximum Gasteiger partial charge on any atom is 0.243 e. The van der Waals surface area contributed by atoms with Gasteiger partial charge in [0.2, 0.25) is 21.8 Å². The lowest BCUT2D eigenvalue weighted by Crippen LogP contribution is -2.58. The molecule has 0 aromatic heterocycles. The first-order chi connectivity index (χ1) is 12.3. The third-order valence-corrected chi connectivity index (χ3v) is 7.05. The van der Waals surface area contributed by atoms with Crippen LogP contribution in [0.1, 0.15) is 25.3 Å². The van der Waals surface area contributed by atoms with E-state index in [0.29, 0.717) is 32.5 Å². The molecule has 3 rings (SSSR count). The Morgan fingerprint density at radius 3 is 2.58 bits per heavy atom. The zero-order valence-corrected chi connectivity index (χ0v) is 16.0. The summed E-state index contributed by atoms with van der Waals surface area (Å²) in [5.74, 6) is -0.696. The number of benzene rings is 1. The van der Waals surface area contributed by atoms with Crippen LogP contribution in [0.4, 0.5) is 0 Å². The fourth-order valence-electron chi connectivity index (χ4n) is 3.54. The van der Waals surface area contributed by atoms with Crippen LogP contribution in [0.2, 0.25) is 0 Å². The average molecular weight is 379 g/mol. The molecule has 2 aliphatic heterocycles. The van der Waals surface area contributed by atoms with Gasteiger partial charge in [-0.25, -0.2) is 8.42 Å². The average Bonchev–Trinajstić information content (AvgIpc) is 2.64. The Balaban J connectivity index is 1.75. The van der Waals surface area contributed by atoms with E-state index < -0.39 is 22.0 Å². The molecule has 2 atom stereocenters. The minimum Gasteiger partial charge on any atom is -0.353 e. The molecular formula is C18H25N3O4S. The maximum absolute atomic E-state index is 12.9. The van der Waals surface area contributed by atoms with Crippen molar-refractivity contribution >= 4 is 21.8 Å². The monoisotopic (exact) mass is 379 g/mol. The Labute approximate surface area is 154 Å². The second kappa shape index (κ2) is 7.36. The topological polar surface area (TPSA) is 86.8 Å². The predicted molar refractivity (Wildman–Crippen MR) is 96.8 cm³/mol. The van der Waals surface area contributed by atoms with Gasteiger partial charge in [0.25, 0.3) is 0 Å². The summed E-state index contributed by atoms with van der Waals surface area (Å²) in [6.45, 7) is 5.09. The number of piperidine rings is 1. The van der Waals surface area contributed by atoms with E-state index in [1.807, 2.05) is 6.92 Å². The van der Waals surface area contributed by atoms with Crippen molar-refractivity contribution in [2.75, 3.05) is 26.2 Å². The van der Waals surface area contributed by atoms with Crippen LogP contribution in [0.5, 0.6) is 0 Å². The van der Waals surface area contributed by atoms with Gasteiger partial charge in [0.05, 0.1) is 10.8 Å². The highest BCUT2D eigenvalue weighted by atomic mass is 32.2. The van der Waals surface area contributed by atoms with Crippen LogP contribution in [0, 0.1) is 12.8 Å². The molecule has 2 fully saturated rings. The lowest BCUT2D eigenvalue weighted by atomic mass is 9.97. The van der Waals surface area contributed by atoms with Crippen molar-refractivity contribution in [3.05, 3.63) is 29.8 Å². The molecule has 1 aromatic rings. The molecule has 2 saturated heterocycles. The van der Waals surface area contributed by atoms with Crippen molar-refractivity contribution in [3.8, 4) is 0 Å². The minimum absolute atomic E-state index is 0.129. The van der Waals surface area contributed by atoms with E-state index in [4.69, 9.17) is 0 Å². The number of carbonyl (C=O) groups is 2. The highest BCUT2D eigenvalue weighted by Crippen LogP contribution is 2.26. The fourth-order valence-corrected chi connectivity index (χ4v) is 5.06. The smallest absolute Gasteiger partial charge is 0.243 e. The molecule has 26 heavy (non-hydrogen) atoms. The number of rotatable bonds is 3. The normalized spacial score (nSPS) is 25.0. The molecule has 0 unspecified atom stereocenters. The van der Waals surface area contributed by atoms with Gasteiger partial charge < -0.3 is 10.2 Å². The van der Waals surface area contributed by atoms with E-state index in [0.717, 1.165) is 5.56 Å². The van der Waals surface area contributed by atoms with Crippen LogP contribution in [0.15, 0.2) is 29.2 Å². The summed E-state index contributed by atoms with van der Waals surface area (Å²) in [5, 5.41) is 2.74. The molecule has 0 bridgehead atoms. The summed E-state index contributed by atoms with van der Waals surface area (Å²) in [5.41, 5.74) is 0.994. The molecule has 7 nitrogen and oxygen atoms in total. The van der Waals surface area contributed by atoms with Gasteiger partial charge in [0, 0.05) is 26.2 Å². The fraction of sp³-hybridized carbons (Fsp3) is 0.556. The number of sulfonamides is 1. The van der Waals surface area contributed by atoms with Gasteiger partial charge in [0.15, 0.2) is 0 Å². The lowest BCUT2D eigenvalue weighted by molar-refractivity contribution is -0.146. The minimum atomic E-state index is -3.62. The molecule has 1 N–H and O–H groups in total. The van der Waals surface area contributed by atoms with E-state index in [9.17, 15) is 18.0 Å². The van der Waals surface area contributed by atoms with Crippen molar-refractivity contribution in [2.24, 2.45) is 5.92 Å². The Hall–Kier alpha value is -1.93. The van der Waals surface area contributed by atoms with Crippen LogP contribution in [0.3, 0.4) is 0 Å². The first kappa shape index (κ1) is 18.8. The first-order valence-corrected chi connectivity index (χ1v) is 10.4. The summed E-state index contributed by atoms with van der Waals surface area (Å²) in [4.78, 5) is 26.5. The quantitative estimate of drug-likeness (QED) is 0.839. The van der Waals surface area contributed by atoms with Crippen LogP contribution in [0.25, 0.3) is 0 Å². The van der Waals surface area contributed by atoms with Crippen molar-refractivity contribution in [2.45, 2.75) is 37.6 Å². The standard InChI is InChI=1S/C18H25N3O4S/c1-13-5-7-16(8-6-13)26(24,25)20-10-3-4-15(12-20)18(23)21-11-9-19-17(22)14(21)2/h5-8,14-15H,3-4,9-12H2,1-2H3,(H,19,22)/t14-,15-/m1/s1. The highest BCUT2D eigenvalue weighted by Gasteiger charge is 2.38. The SMILES string of the molecule is Cc1ccc(S(=O)(=O)N2CCC[C@@H](C(=O)N3CCNC(=O)[C@H]3C)C2)cc1. The van der Waals surface area contributed by atoms with Crippen LogP contribution in [-0.4, -0.2) is 61.7 Å². The number of aryl methyl sites for hydroxylation is 1. The largest absolute Gasteiger partial charge is 0.353 e. The van der Waals surface area contributed by atoms with Crippen LogP contribution < -0.4 is 5.32 Å². The second-order valence-corrected chi connectivity index (χ2v) is 8.95. The number of piperazine rings is 1. The number of amides is 2. The summed E-state index contributed by atoms with van der Waals surface area (Å²) in [7, 11) is -3.62. The highest BCUT2D eigenvalue weighted by molar-refractivity contribution is 7.89. The number of carbonyl (C=O) groups excluding carboxylic acids is 2. The summed E-state index contributed by atoms with van der Waals surface area (Å²) >= 11 is 0. The Morgan fingerprint density at radius 2 is 1.88 bits per heavy atom. The first-order valence-electron chi connectivity index (χ1n) is 8.95. The number of nitrogens with zero attached hydrogens (tertiary/aromatic N) is 2. The summed E-state index contributed by atoms with van der Waals surface area (Å²) in [6, 6.07) is 6.24. The van der Waals surface area contributed by atoms with E-state index >= 15 is 0 Å². The van der Waals surface area contributed by atoms with Gasteiger partial charge in [0.1, 0.15) is 6.04 Å². The van der Waals surface area contributed by atoms with Gasteiger partial charge in [-0.2, -0.15) is 4.31 Å². The van der Waals surface area contributed by atoms with Gasteiger partial charge in [-0.05, 0) is 38.8 Å². The Kier molecular flexibility index (Phi) is 5.34. The van der Waals surface area contributed by atoms with Gasteiger partial charge in [-0.3, -0.25) is 9.59 Å². The molecule has 2 aliphatic rings. The molecule has 0 radical (unpaired) electrons.